The Bertz CT molecular complexity index is 797. The van der Waals surface area contributed by atoms with Crippen LogP contribution in [0.1, 0.15) is 38.1 Å². The molecular weight excluding hydrogens is 350 g/mol. The van der Waals surface area contributed by atoms with Crippen LogP contribution in [0.2, 0.25) is 5.02 Å². The number of methoxy groups -OCH3 is 2. The Morgan fingerprint density at radius 2 is 1.68 bits per heavy atom. The summed E-state index contributed by atoms with van der Waals surface area (Å²) in [4.78, 5) is 36.0. The standard InChI is InChI=1S/C16H16ClN3O5/c1-4-20-13(12(17)8-18-20)14(21)19-11-6-9(15(22)24-2)5-10(7-11)16(23)25-3/h5-8H,4H2,1-3H3,(H,19,21). The van der Waals surface area contributed by atoms with E-state index in [-0.39, 0.29) is 27.5 Å². The predicted octanol–water partition coefficient (Wildman–Crippen LogP) is 2.38. The second kappa shape index (κ2) is 7.80. The fraction of sp³-hybridized carbons (Fsp3) is 0.250. The summed E-state index contributed by atoms with van der Waals surface area (Å²) in [5, 5.41) is 6.78. The molecule has 0 aliphatic carbocycles. The van der Waals surface area contributed by atoms with Crippen molar-refractivity contribution in [2.75, 3.05) is 19.5 Å². The number of nitrogens with one attached hydrogen (secondary N) is 1. The number of esters is 2. The Hall–Kier alpha value is -2.87. The number of rotatable bonds is 5. The van der Waals surface area contributed by atoms with Gasteiger partial charge >= 0.3 is 11.9 Å². The zero-order valence-electron chi connectivity index (χ0n) is 13.8. The highest BCUT2D eigenvalue weighted by Gasteiger charge is 2.19. The van der Waals surface area contributed by atoms with Gasteiger partial charge in [0.2, 0.25) is 0 Å². The molecule has 2 rings (SSSR count). The molecule has 1 amide bonds. The molecule has 25 heavy (non-hydrogen) atoms. The van der Waals surface area contributed by atoms with Crippen LogP contribution >= 0.6 is 11.6 Å². The first-order valence-electron chi connectivity index (χ1n) is 7.25. The van der Waals surface area contributed by atoms with Crippen LogP contribution in [0.3, 0.4) is 0 Å². The number of carbonyl (C=O) groups is 3. The lowest BCUT2D eigenvalue weighted by molar-refractivity contribution is 0.0599. The second-order valence-electron chi connectivity index (χ2n) is 4.89. The molecule has 0 saturated carbocycles. The van der Waals surface area contributed by atoms with Gasteiger partial charge in [-0.2, -0.15) is 5.10 Å². The average Bonchev–Trinajstić information content (AvgIpc) is 3.00. The van der Waals surface area contributed by atoms with Gasteiger partial charge in [0.1, 0.15) is 5.69 Å². The quantitative estimate of drug-likeness (QED) is 0.816. The van der Waals surface area contributed by atoms with Gasteiger partial charge in [0.25, 0.3) is 5.91 Å². The van der Waals surface area contributed by atoms with Crippen LogP contribution in [0.15, 0.2) is 24.4 Å². The van der Waals surface area contributed by atoms with Crippen molar-refractivity contribution in [3.63, 3.8) is 0 Å². The van der Waals surface area contributed by atoms with Crippen LogP contribution < -0.4 is 5.32 Å². The predicted molar refractivity (Wildman–Crippen MR) is 90.0 cm³/mol. The summed E-state index contributed by atoms with van der Waals surface area (Å²) in [6.07, 6.45) is 1.37. The zero-order valence-corrected chi connectivity index (χ0v) is 14.6. The van der Waals surface area contributed by atoms with Crippen LogP contribution in [-0.2, 0) is 16.0 Å². The number of aryl methyl sites for hydroxylation is 1. The van der Waals surface area contributed by atoms with Crippen LogP contribution in [0.4, 0.5) is 5.69 Å². The molecule has 0 radical (unpaired) electrons. The van der Waals surface area contributed by atoms with Crippen molar-refractivity contribution in [1.82, 2.24) is 9.78 Å². The molecule has 8 nitrogen and oxygen atoms in total. The maximum absolute atomic E-state index is 12.5. The van der Waals surface area contributed by atoms with Crippen molar-refractivity contribution in [3.8, 4) is 0 Å². The topological polar surface area (TPSA) is 99.5 Å². The molecule has 0 spiro atoms. The number of nitrogens with zero attached hydrogens (tertiary/aromatic N) is 2. The Balaban J connectivity index is 2.40. The maximum Gasteiger partial charge on any atom is 0.337 e. The number of ether oxygens (including phenoxy) is 2. The minimum absolute atomic E-state index is 0.0933. The first kappa shape index (κ1) is 18.5. The lowest BCUT2D eigenvalue weighted by Crippen LogP contribution is -2.18. The van der Waals surface area contributed by atoms with Gasteiger partial charge in [0.05, 0.1) is 36.6 Å². The minimum atomic E-state index is -0.655. The molecule has 132 valence electrons. The number of hydrogen-bond acceptors (Lipinski definition) is 6. The van der Waals surface area contributed by atoms with Gasteiger partial charge in [-0.1, -0.05) is 11.6 Å². The van der Waals surface area contributed by atoms with Gasteiger partial charge in [0, 0.05) is 12.2 Å². The van der Waals surface area contributed by atoms with Gasteiger partial charge < -0.3 is 14.8 Å². The SMILES string of the molecule is CCn1ncc(Cl)c1C(=O)Nc1cc(C(=O)OC)cc(C(=O)OC)c1. The molecule has 1 aromatic carbocycles. The average molecular weight is 366 g/mol. The van der Waals surface area contributed by atoms with Crippen molar-refractivity contribution < 1.29 is 23.9 Å². The normalized spacial score (nSPS) is 10.2. The fourth-order valence-electron chi connectivity index (χ4n) is 2.19. The largest absolute Gasteiger partial charge is 0.465 e. The van der Waals surface area contributed by atoms with Gasteiger partial charge in [0.15, 0.2) is 0 Å². The van der Waals surface area contributed by atoms with Crippen LogP contribution in [-0.4, -0.2) is 41.8 Å². The summed E-state index contributed by atoms with van der Waals surface area (Å²) < 4.78 is 10.7. The highest BCUT2D eigenvalue weighted by Crippen LogP contribution is 2.20. The highest BCUT2D eigenvalue weighted by molar-refractivity contribution is 6.34. The molecule has 1 aromatic heterocycles. The van der Waals surface area contributed by atoms with E-state index in [1.807, 2.05) is 6.92 Å². The van der Waals surface area contributed by atoms with E-state index in [0.29, 0.717) is 6.54 Å². The van der Waals surface area contributed by atoms with Crippen molar-refractivity contribution in [2.45, 2.75) is 13.5 Å². The Kier molecular flexibility index (Phi) is 5.76. The molecule has 0 aliphatic heterocycles. The minimum Gasteiger partial charge on any atom is -0.465 e. The lowest BCUT2D eigenvalue weighted by atomic mass is 10.1. The Morgan fingerprint density at radius 3 is 2.16 bits per heavy atom. The number of aromatic nitrogens is 2. The summed E-state index contributed by atoms with van der Waals surface area (Å²) >= 11 is 6.00. The molecule has 0 aliphatic rings. The number of benzene rings is 1. The first-order valence-corrected chi connectivity index (χ1v) is 7.63. The highest BCUT2D eigenvalue weighted by atomic mass is 35.5. The van der Waals surface area contributed by atoms with Crippen molar-refractivity contribution in [2.24, 2.45) is 0 Å². The third-order valence-electron chi connectivity index (χ3n) is 3.34. The molecule has 9 heteroatoms. The van der Waals surface area contributed by atoms with Crippen LogP contribution in [0.5, 0.6) is 0 Å². The monoisotopic (exact) mass is 365 g/mol. The van der Waals surface area contributed by atoms with Crippen LogP contribution in [0.25, 0.3) is 0 Å². The summed E-state index contributed by atoms with van der Waals surface area (Å²) in [5.74, 6) is -1.84. The van der Waals surface area contributed by atoms with Gasteiger partial charge in [-0.05, 0) is 25.1 Å². The fourth-order valence-corrected chi connectivity index (χ4v) is 2.42. The molecule has 0 saturated heterocycles. The van der Waals surface area contributed by atoms with Crippen molar-refractivity contribution >= 4 is 35.1 Å². The summed E-state index contributed by atoms with van der Waals surface area (Å²) in [6, 6.07) is 4.09. The lowest BCUT2D eigenvalue weighted by Gasteiger charge is -2.10. The number of halogens is 1. The second-order valence-corrected chi connectivity index (χ2v) is 5.30. The zero-order chi connectivity index (χ0) is 18.6. The molecule has 0 bridgehead atoms. The Labute approximate surface area is 148 Å². The molecule has 0 atom stereocenters. The number of carbonyl (C=O) groups excluding carboxylic acids is 3. The van der Waals surface area contributed by atoms with Gasteiger partial charge in [-0.25, -0.2) is 9.59 Å². The van der Waals surface area contributed by atoms with Crippen LogP contribution in [0, 0.1) is 0 Å². The smallest absolute Gasteiger partial charge is 0.337 e. The van der Waals surface area contributed by atoms with Crippen molar-refractivity contribution in [1.29, 1.82) is 0 Å². The number of hydrogen-bond donors (Lipinski definition) is 1. The third-order valence-corrected chi connectivity index (χ3v) is 3.62. The first-order chi connectivity index (χ1) is 11.9. The molecular formula is C16H16ClN3O5. The van der Waals surface area contributed by atoms with E-state index in [0.717, 1.165) is 0 Å². The maximum atomic E-state index is 12.5. The van der Waals surface area contributed by atoms with Crippen molar-refractivity contribution in [3.05, 3.63) is 46.2 Å². The molecule has 2 aromatic rings. The van der Waals surface area contributed by atoms with Gasteiger partial charge in [-0.15, -0.1) is 0 Å². The summed E-state index contributed by atoms with van der Waals surface area (Å²) in [6.45, 7) is 2.26. The van der Waals surface area contributed by atoms with E-state index in [4.69, 9.17) is 11.6 Å². The van der Waals surface area contributed by atoms with E-state index in [1.165, 1.54) is 43.3 Å². The Morgan fingerprint density at radius 1 is 1.12 bits per heavy atom. The molecule has 0 unspecified atom stereocenters. The molecule has 1 N–H and O–H groups in total. The van der Waals surface area contributed by atoms with E-state index < -0.39 is 17.8 Å². The van der Waals surface area contributed by atoms with E-state index in [1.54, 1.807) is 0 Å². The third kappa shape index (κ3) is 3.97. The number of amides is 1. The van der Waals surface area contributed by atoms with E-state index in [9.17, 15) is 14.4 Å². The van der Waals surface area contributed by atoms with E-state index >= 15 is 0 Å². The molecule has 0 fully saturated rings. The molecule has 1 heterocycles. The summed E-state index contributed by atoms with van der Waals surface area (Å²) in [7, 11) is 2.43. The van der Waals surface area contributed by atoms with E-state index in [2.05, 4.69) is 19.9 Å². The van der Waals surface area contributed by atoms with Gasteiger partial charge in [-0.3, -0.25) is 9.48 Å². The summed E-state index contributed by atoms with van der Waals surface area (Å²) in [5.41, 5.74) is 0.576. The number of anilines is 1.